The molecular formula is C19H22FN3O3. The lowest BCUT2D eigenvalue weighted by Crippen LogP contribution is -2.46. The van der Waals surface area contributed by atoms with Crippen molar-refractivity contribution in [2.24, 2.45) is 11.7 Å². The van der Waals surface area contributed by atoms with E-state index in [0.717, 1.165) is 18.4 Å². The van der Waals surface area contributed by atoms with E-state index in [1.165, 1.54) is 24.3 Å². The fourth-order valence-electron chi connectivity index (χ4n) is 2.80. The number of aromatic nitrogens is 1. The van der Waals surface area contributed by atoms with Gasteiger partial charge >= 0.3 is 0 Å². The molecule has 1 aromatic heterocycles. The molecule has 138 valence electrons. The second-order valence-electron chi connectivity index (χ2n) is 6.25. The zero-order valence-electron chi connectivity index (χ0n) is 14.4. The fourth-order valence-corrected chi connectivity index (χ4v) is 2.80. The van der Waals surface area contributed by atoms with E-state index in [1.807, 2.05) is 6.07 Å². The monoisotopic (exact) mass is 359 g/mol. The number of nitrogens with one attached hydrogen (secondary N) is 1. The van der Waals surface area contributed by atoms with Crippen LogP contribution in [0.2, 0.25) is 0 Å². The molecule has 1 aliphatic rings. The fraction of sp³-hybridized carbons (Fsp3) is 0.368. The first-order chi connectivity index (χ1) is 12.6. The van der Waals surface area contributed by atoms with Crippen molar-refractivity contribution < 1.29 is 18.7 Å². The van der Waals surface area contributed by atoms with Crippen molar-refractivity contribution in [2.45, 2.75) is 25.4 Å². The lowest BCUT2D eigenvalue weighted by atomic mass is 9.92. The lowest BCUT2D eigenvalue weighted by molar-refractivity contribution is -0.124. The normalized spacial score (nSPS) is 16.1. The van der Waals surface area contributed by atoms with E-state index in [1.54, 1.807) is 12.3 Å². The summed E-state index contributed by atoms with van der Waals surface area (Å²) in [5.74, 6) is 0.570. The van der Waals surface area contributed by atoms with Crippen LogP contribution in [-0.4, -0.2) is 30.1 Å². The zero-order valence-corrected chi connectivity index (χ0v) is 14.4. The van der Waals surface area contributed by atoms with E-state index in [2.05, 4.69) is 10.3 Å². The van der Waals surface area contributed by atoms with Crippen molar-refractivity contribution >= 4 is 5.91 Å². The van der Waals surface area contributed by atoms with E-state index < -0.39 is 6.04 Å². The number of hydrogen-bond donors (Lipinski definition) is 2. The lowest BCUT2D eigenvalue weighted by Gasteiger charge is -2.26. The van der Waals surface area contributed by atoms with E-state index >= 15 is 0 Å². The predicted octanol–water partition coefficient (Wildman–Crippen LogP) is 2.38. The van der Waals surface area contributed by atoms with Gasteiger partial charge in [-0.3, -0.25) is 4.79 Å². The number of nitrogens with zero attached hydrogens (tertiary/aromatic N) is 1. The van der Waals surface area contributed by atoms with Gasteiger partial charge in [-0.2, -0.15) is 0 Å². The van der Waals surface area contributed by atoms with Gasteiger partial charge in [-0.15, -0.1) is 0 Å². The Morgan fingerprint density at radius 1 is 1.27 bits per heavy atom. The van der Waals surface area contributed by atoms with Crippen molar-refractivity contribution in [1.29, 1.82) is 0 Å². The third kappa shape index (κ3) is 5.00. The molecular weight excluding hydrogens is 337 g/mol. The Morgan fingerprint density at radius 3 is 2.65 bits per heavy atom. The molecule has 1 unspecified atom stereocenters. The smallest absolute Gasteiger partial charge is 0.237 e. The van der Waals surface area contributed by atoms with E-state index in [0.29, 0.717) is 31.4 Å². The van der Waals surface area contributed by atoms with Gasteiger partial charge in [-0.05, 0) is 48.6 Å². The maximum absolute atomic E-state index is 12.9. The average Bonchev–Trinajstić information content (AvgIpc) is 2.69. The second-order valence-corrected chi connectivity index (χ2v) is 6.25. The maximum Gasteiger partial charge on any atom is 0.237 e. The Hall–Kier alpha value is -2.51. The quantitative estimate of drug-likeness (QED) is 0.827. The van der Waals surface area contributed by atoms with Crippen molar-refractivity contribution in [1.82, 2.24) is 10.3 Å². The number of pyridine rings is 1. The summed E-state index contributed by atoms with van der Waals surface area (Å²) in [5.41, 5.74) is 6.88. The maximum atomic E-state index is 12.9. The van der Waals surface area contributed by atoms with Crippen molar-refractivity contribution in [3.63, 3.8) is 0 Å². The zero-order chi connectivity index (χ0) is 18.4. The third-order valence-corrected chi connectivity index (χ3v) is 4.38. The van der Waals surface area contributed by atoms with Crippen LogP contribution in [0.3, 0.4) is 0 Å². The molecule has 1 amide bonds. The van der Waals surface area contributed by atoms with Gasteiger partial charge in [0.25, 0.3) is 0 Å². The third-order valence-electron chi connectivity index (χ3n) is 4.38. The summed E-state index contributed by atoms with van der Waals surface area (Å²) < 4.78 is 23.7. The van der Waals surface area contributed by atoms with Crippen molar-refractivity contribution in [2.75, 3.05) is 13.2 Å². The Balaban J connectivity index is 1.49. The standard InChI is InChI=1S/C19H22FN3O3/c20-15-2-4-16(5-3-15)26-17-6-1-13(11-22-17)12-23-19(24)18(21)14-7-9-25-10-8-14/h1-6,11,14,18H,7-10,12,21H2,(H,23,24). The Kier molecular flexibility index (Phi) is 6.14. The molecule has 1 aromatic carbocycles. The summed E-state index contributed by atoms with van der Waals surface area (Å²) in [6.07, 6.45) is 3.25. The van der Waals surface area contributed by atoms with Crippen LogP contribution in [0, 0.1) is 11.7 Å². The minimum Gasteiger partial charge on any atom is -0.439 e. The molecule has 6 nitrogen and oxygen atoms in total. The molecule has 2 aromatic rings. The minimum absolute atomic E-state index is 0.161. The first-order valence-corrected chi connectivity index (χ1v) is 8.61. The molecule has 0 bridgehead atoms. The van der Waals surface area contributed by atoms with Gasteiger partial charge in [0.15, 0.2) is 0 Å². The summed E-state index contributed by atoms with van der Waals surface area (Å²) in [4.78, 5) is 16.4. The molecule has 1 aliphatic heterocycles. The van der Waals surface area contributed by atoms with Gasteiger partial charge in [-0.1, -0.05) is 6.07 Å². The second kappa shape index (κ2) is 8.73. The SMILES string of the molecule is NC(C(=O)NCc1ccc(Oc2ccc(F)cc2)nc1)C1CCOCC1. The highest BCUT2D eigenvalue weighted by atomic mass is 19.1. The molecule has 3 rings (SSSR count). The van der Waals surface area contributed by atoms with E-state index in [9.17, 15) is 9.18 Å². The predicted molar refractivity (Wildman–Crippen MR) is 94.1 cm³/mol. The van der Waals surface area contributed by atoms with Crippen molar-refractivity contribution in [3.05, 3.63) is 54.0 Å². The molecule has 0 saturated carbocycles. The topological polar surface area (TPSA) is 86.5 Å². The molecule has 7 heteroatoms. The number of rotatable bonds is 6. The molecule has 0 aliphatic carbocycles. The number of halogens is 1. The Bertz CT molecular complexity index is 716. The highest BCUT2D eigenvalue weighted by molar-refractivity contribution is 5.81. The number of carbonyl (C=O) groups is 1. The molecule has 0 radical (unpaired) electrons. The number of carbonyl (C=O) groups excluding carboxylic acids is 1. The number of hydrogen-bond acceptors (Lipinski definition) is 5. The largest absolute Gasteiger partial charge is 0.439 e. The van der Waals surface area contributed by atoms with Crippen LogP contribution in [-0.2, 0) is 16.1 Å². The number of benzene rings is 1. The van der Waals surface area contributed by atoms with Gasteiger partial charge in [0, 0.05) is 32.0 Å². The summed E-state index contributed by atoms with van der Waals surface area (Å²) in [7, 11) is 0. The molecule has 26 heavy (non-hydrogen) atoms. The summed E-state index contributed by atoms with van der Waals surface area (Å²) in [5, 5.41) is 2.84. The van der Waals surface area contributed by atoms with Crippen LogP contribution in [0.1, 0.15) is 18.4 Å². The summed E-state index contributed by atoms with van der Waals surface area (Å²) >= 11 is 0. The molecule has 1 fully saturated rings. The van der Waals surface area contributed by atoms with Gasteiger partial charge in [0.05, 0.1) is 6.04 Å². The van der Waals surface area contributed by atoms with Gasteiger partial charge < -0.3 is 20.5 Å². The van der Waals surface area contributed by atoms with Crippen LogP contribution in [0.25, 0.3) is 0 Å². The van der Waals surface area contributed by atoms with Crippen LogP contribution in [0.4, 0.5) is 4.39 Å². The summed E-state index contributed by atoms with van der Waals surface area (Å²) in [6.45, 7) is 1.66. The van der Waals surface area contributed by atoms with Crippen molar-refractivity contribution in [3.8, 4) is 11.6 Å². The van der Waals surface area contributed by atoms with E-state index in [-0.39, 0.29) is 17.6 Å². The van der Waals surface area contributed by atoms with E-state index in [4.69, 9.17) is 15.2 Å². The molecule has 2 heterocycles. The first-order valence-electron chi connectivity index (χ1n) is 8.61. The number of nitrogens with two attached hydrogens (primary N) is 1. The molecule has 1 saturated heterocycles. The highest BCUT2D eigenvalue weighted by Gasteiger charge is 2.26. The Labute approximate surface area is 151 Å². The molecule has 0 spiro atoms. The van der Waals surface area contributed by atoms with Crippen LogP contribution in [0.15, 0.2) is 42.6 Å². The number of amides is 1. The van der Waals surface area contributed by atoms with Crippen LogP contribution >= 0.6 is 0 Å². The Morgan fingerprint density at radius 2 is 2.00 bits per heavy atom. The average molecular weight is 359 g/mol. The van der Waals surface area contributed by atoms with Gasteiger partial charge in [0.2, 0.25) is 11.8 Å². The molecule has 1 atom stereocenters. The summed E-state index contributed by atoms with van der Waals surface area (Å²) in [6, 6.07) is 8.69. The highest BCUT2D eigenvalue weighted by Crippen LogP contribution is 2.20. The van der Waals surface area contributed by atoms with Gasteiger partial charge in [-0.25, -0.2) is 9.37 Å². The number of ether oxygens (including phenoxy) is 2. The first kappa shape index (κ1) is 18.3. The minimum atomic E-state index is -0.520. The van der Waals surface area contributed by atoms with Crippen LogP contribution < -0.4 is 15.8 Å². The molecule has 3 N–H and O–H groups in total. The van der Waals surface area contributed by atoms with Crippen LogP contribution in [0.5, 0.6) is 11.6 Å². The van der Waals surface area contributed by atoms with Gasteiger partial charge in [0.1, 0.15) is 11.6 Å².